The average Bonchev–Trinajstić information content (AvgIpc) is 3.04. The molecule has 3 rings (SSSR count). The number of H-pyrrole nitrogens is 1. The highest BCUT2D eigenvalue weighted by atomic mass is 19.4. The zero-order chi connectivity index (χ0) is 22.1. The summed E-state index contributed by atoms with van der Waals surface area (Å²) in [5.74, 6) is 0.147. The molecule has 0 aliphatic carbocycles. The topological polar surface area (TPSA) is 63.9 Å². The molecule has 0 spiro atoms. The number of aromatic nitrogens is 2. The third-order valence-corrected chi connectivity index (χ3v) is 4.75. The Morgan fingerprint density at radius 1 is 1.07 bits per heavy atom. The molecular weight excluding hydrogens is 412 g/mol. The van der Waals surface area contributed by atoms with Crippen LogP contribution in [0.5, 0.6) is 5.88 Å². The van der Waals surface area contributed by atoms with Crippen LogP contribution in [0, 0.1) is 0 Å². The molecule has 162 valence electrons. The van der Waals surface area contributed by atoms with Gasteiger partial charge in [-0.25, -0.2) is 4.98 Å². The van der Waals surface area contributed by atoms with E-state index in [0.29, 0.717) is 31.0 Å². The number of hydrogen-bond donors (Lipinski definition) is 2. The van der Waals surface area contributed by atoms with Crippen LogP contribution in [0.15, 0.2) is 30.5 Å². The maximum absolute atomic E-state index is 13.8. The Labute approximate surface area is 168 Å². The van der Waals surface area contributed by atoms with Crippen molar-refractivity contribution in [1.82, 2.24) is 9.97 Å². The zero-order valence-corrected chi connectivity index (χ0v) is 15.9. The average molecular weight is 431 g/mol. The number of ether oxygens (including phenoxy) is 1. The van der Waals surface area contributed by atoms with Crippen LogP contribution in [0.3, 0.4) is 0 Å². The zero-order valence-electron chi connectivity index (χ0n) is 15.9. The van der Waals surface area contributed by atoms with E-state index in [9.17, 15) is 26.3 Å². The molecule has 2 heterocycles. The fraction of sp³-hybridized carbons (Fsp3) is 0.350. The quantitative estimate of drug-likeness (QED) is 0.397. The maximum atomic E-state index is 13.8. The van der Waals surface area contributed by atoms with E-state index in [2.05, 4.69) is 9.97 Å². The van der Waals surface area contributed by atoms with Gasteiger partial charge in [0.1, 0.15) is 0 Å². The van der Waals surface area contributed by atoms with E-state index in [1.54, 1.807) is 12.1 Å². The van der Waals surface area contributed by atoms with Gasteiger partial charge in [0, 0.05) is 17.1 Å². The van der Waals surface area contributed by atoms with Crippen LogP contribution in [0.1, 0.15) is 29.5 Å². The smallest absolute Gasteiger partial charge is 0.417 e. The monoisotopic (exact) mass is 431 g/mol. The summed E-state index contributed by atoms with van der Waals surface area (Å²) in [6.07, 6.45) is -7.23. The molecule has 0 aliphatic rings. The molecule has 30 heavy (non-hydrogen) atoms. The van der Waals surface area contributed by atoms with Crippen LogP contribution in [-0.2, 0) is 18.8 Å². The minimum absolute atomic E-state index is 0.147. The summed E-state index contributed by atoms with van der Waals surface area (Å²) in [6.45, 7) is 0.345. The van der Waals surface area contributed by atoms with Gasteiger partial charge < -0.3 is 15.5 Å². The molecule has 0 fully saturated rings. The molecule has 0 bridgehead atoms. The number of alkyl halides is 6. The van der Waals surface area contributed by atoms with Gasteiger partial charge in [-0.05, 0) is 55.6 Å². The Hall–Kier alpha value is -2.75. The molecule has 0 saturated carbocycles. The molecule has 0 radical (unpaired) electrons. The highest BCUT2D eigenvalue weighted by molar-refractivity contribution is 5.95. The number of nitrogens with one attached hydrogen (secondary N) is 1. The molecule has 10 heteroatoms. The van der Waals surface area contributed by atoms with Gasteiger partial charge in [-0.3, -0.25) is 0 Å². The lowest BCUT2D eigenvalue weighted by molar-refractivity contribution is -0.142. The summed E-state index contributed by atoms with van der Waals surface area (Å²) in [5, 5.41) is -0.284. The Morgan fingerprint density at radius 2 is 1.80 bits per heavy atom. The fourth-order valence-corrected chi connectivity index (χ4v) is 3.46. The third-order valence-electron chi connectivity index (χ3n) is 4.75. The molecule has 0 unspecified atom stereocenters. The largest absolute Gasteiger partial charge is 0.481 e. The van der Waals surface area contributed by atoms with Crippen LogP contribution >= 0.6 is 0 Å². The fourth-order valence-electron chi connectivity index (χ4n) is 3.46. The Bertz CT molecular complexity index is 1040. The van der Waals surface area contributed by atoms with Crippen LogP contribution in [-0.4, -0.2) is 23.6 Å². The molecule has 3 N–H and O–H groups in total. The second kappa shape index (κ2) is 8.17. The van der Waals surface area contributed by atoms with E-state index < -0.39 is 23.5 Å². The number of hydrogen-bond acceptors (Lipinski definition) is 3. The number of rotatable bonds is 6. The number of benzene rings is 1. The Morgan fingerprint density at radius 3 is 2.40 bits per heavy atom. The lowest BCUT2D eigenvalue weighted by Crippen LogP contribution is -2.11. The van der Waals surface area contributed by atoms with Crippen molar-refractivity contribution >= 4 is 10.9 Å². The summed E-state index contributed by atoms with van der Waals surface area (Å²) in [6, 6.07) is 4.01. The first-order valence-electron chi connectivity index (χ1n) is 9.10. The Kier molecular flexibility index (Phi) is 5.98. The van der Waals surface area contributed by atoms with Crippen molar-refractivity contribution in [3.8, 4) is 17.1 Å². The first-order chi connectivity index (χ1) is 14.1. The summed E-state index contributed by atoms with van der Waals surface area (Å²) >= 11 is 0. The number of nitrogens with zero attached hydrogens (tertiary/aromatic N) is 1. The van der Waals surface area contributed by atoms with Gasteiger partial charge in [0.25, 0.3) is 0 Å². The van der Waals surface area contributed by atoms with Gasteiger partial charge >= 0.3 is 12.4 Å². The Balaban J connectivity index is 2.37. The number of aryl methyl sites for hydroxylation is 1. The molecule has 3 aromatic rings. The lowest BCUT2D eigenvalue weighted by Gasteiger charge is -2.14. The summed E-state index contributed by atoms with van der Waals surface area (Å²) in [7, 11) is 1.35. The van der Waals surface area contributed by atoms with E-state index in [4.69, 9.17) is 10.5 Å². The van der Waals surface area contributed by atoms with E-state index in [0.717, 1.165) is 0 Å². The number of methoxy groups -OCH3 is 1. The van der Waals surface area contributed by atoms with Crippen molar-refractivity contribution in [3.05, 3.63) is 47.2 Å². The molecule has 0 amide bonds. The van der Waals surface area contributed by atoms with E-state index in [1.807, 2.05) is 0 Å². The van der Waals surface area contributed by atoms with Crippen LogP contribution in [0.2, 0.25) is 0 Å². The molecule has 4 nitrogen and oxygen atoms in total. The second-order valence-corrected chi connectivity index (χ2v) is 6.73. The first-order valence-corrected chi connectivity index (χ1v) is 9.10. The number of fused-ring (bicyclic) bond motifs is 1. The first kappa shape index (κ1) is 21.9. The second-order valence-electron chi connectivity index (χ2n) is 6.73. The van der Waals surface area contributed by atoms with Gasteiger partial charge in [-0.2, -0.15) is 26.3 Å². The SMILES string of the molecule is COc1ncccc1-c1[nH]c2cc(C(F)(F)F)cc(C(F)(F)F)c2c1CCCCN. The number of aromatic amines is 1. The molecule has 0 aliphatic heterocycles. The number of nitrogens with two attached hydrogens (primary N) is 1. The van der Waals surface area contributed by atoms with E-state index in [-0.39, 0.29) is 40.5 Å². The number of pyridine rings is 1. The molecule has 0 atom stereocenters. The minimum atomic E-state index is -4.97. The molecule has 0 saturated heterocycles. The minimum Gasteiger partial charge on any atom is -0.481 e. The molecule has 1 aromatic carbocycles. The predicted molar refractivity (Wildman–Crippen MR) is 100 cm³/mol. The van der Waals surface area contributed by atoms with E-state index in [1.165, 1.54) is 13.3 Å². The molecular formula is C20H19F6N3O. The van der Waals surface area contributed by atoms with Crippen molar-refractivity contribution in [3.63, 3.8) is 0 Å². The summed E-state index contributed by atoms with van der Waals surface area (Å²) in [5.41, 5.74) is 3.41. The van der Waals surface area contributed by atoms with Crippen LogP contribution in [0.4, 0.5) is 26.3 Å². The number of unbranched alkanes of at least 4 members (excludes halogenated alkanes) is 1. The highest BCUT2D eigenvalue weighted by Gasteiger charge is 2.39. The van der Waals surface area contributed by atoms with Crippen molar-refractivity contribution in [2.45, 2.75) is 31.6 Å². The summed E-state index contributed by atoms with van der Waals surface area (Å²) < 4.78 is 86.3. The van der Waals surface area contributed by atoms with Crippen molar-refractivity contribution in [1.29, 1.82) is 0 Å². The van der Waals surface area contributed by atoms with E-state index >= 15 is 0 Å². The highest BCUT2D eigenvalue weighted by Crippen LogP contribution is 2.44. The van der Waals surface area contributed by atoms with Crippen molar-refractivity contribution in [2.75, 3.05) is 13.7 Å². The predicted octanol–water partition coefficient (Wildman–Crippen LogP) is 5.56. The standard InChI is InChI=1S/C20H19F6N3O/c1-30-18-13(6-4-8-28-18)17-12(5-2-3-7-27)16-14(20(24,25)26)9-11(19(21,22)23)10-15(16)29-17/h4,6,8-10,29H,2-3,5,7,27H2,1H3. The summed E-state index contributed by atoms with van der Waals surface area (Å²) in [4.78, 5) is 6.80. The van der Waals surface area contributed by atoms with Crippen molar-refractivity contribution < 1.29 is 31.1 Å². The lowest BCUT2D eigenvalue weighted by atomic mass is 9.96. The van der Waals surface area contributed by atoms with Crippen LogP contribution < -0.4 is 10.5 Å². The van der Waals surface area contributed by atoms with Gasteiger partial charge in [0.15, 0.2) is 0 Å². The van der Waals surface area contributed by atoms with Gasteiger partial charge in [0.05, 0.1) is 29.5 Å². The third kappa shape index (κ3) is 4.23. The number of halogens is 6. The van der Waals surface area contributed by atoms with Crippen molar-refractivity contribution in [2.24, 2.45) is 5.73 Å². The van der Waals surface area contributed by atoms with Gasteiger partial charge in [-0.1, -0.05) is 0 Å². The maximum Gasteiger partial charge on any atom is 0.417 e. The molecule has 2 aromatic heterocycles. The van der Waals surface area contributed by atoms with Gasteiger partial charge in [-0.15, -0.1) is 0 Å². The van der Waals surface area contributed by atoms with Crippen LogP contribution in [0.25, 0.3) is 22.2 Å². The normalized spacial score (nSPS) is 12.5. The van der Waals surface area contributed by atoms with Gasteiger partial charge in [0.2, 0.25) is 5.88 Å².